The van der Waals surface area contributed by atoms with Crippen LogP contribution in [0.3, 0.4) is 0 Å². The molecule has 7 heteroatoms. The van der Waals surface area contributed by atoms with Gasteiger partial charge in [0.15, 0.2) is 0 Å². The summed E-state index contributed by atoms with van der Waals surface area (Å²) in [6.45, 7) is 2.62. The van der Waals surface area contributed by atoms with Gasteiger partial charge in [-0.15, -0.1) is 0 Å². The van der Waals surface area contributed by atoms with Crippen molar-refractivity contribution in [2.75, 3.05) is 23.4 Å². The van der Waals surface area contributed by atoms with Crippen LogP contribution in [0.15, 0.2) is 18.2 Å². The summed E-state index contributed by atoms with van der Waals surface area (Å²) in [6.07, 6.45) is 1.83. The Balaban J connectivity index is 2.19. The molecular weight excluding hydrogens is 290 g/mol. The number of nitrogens with one attached hydrogen (secondary N) is 2. The maximum Gasteiger partial charge on any atom is 0.282 e. The minimum atomic E-state index is -0.513. The summed E-state index contributed by atoms with van der Waals surface area (Å²) in [5.41, 5.74) is 0.684. The normalized spacial score (nSPS) is 15.5. The molecule has 0 spiro atoms. The number of nitro groups is 1. The van der Waals surface area contributed by atoms with Crippen LogP contribution in [0, 0.1) is 10.1 Å². The van der Waals surface area contributed by atoms with E-state index in [1.807, 2.05) is 18.7 Å². The van der Waals surface area contributed by atoms with Gasteiger partial charge < -0.3 is 10.6 Å². The molecule has 1 heterocycles. The van der Waals surface area contributed by atoms with Crippen LogP contribution in [0.4, 0.5) is 11.4 Å². The third kappa shape index (κ3) is 4.10. The van der Waals surface area contributed by atoms with Crippen LogP contribution in [-0.2, 0) is 0 Å². The van der Waals surface area contributed by atoms with Gasteiger partial charge in [0.05, 0.1) is 4.92 Å². The number of amides is 1. The van der Waals surface area contributed by atoms with E-state index in [1.54, 1.807) is 12.1 Å². The lowest BCUT2D eigenvalue weighted by atomic mass is 10.1. The zero-order valence-electron chi connectivity index (χ0n) is 11.9. The summed E-state index contributed by atoms with van der Waals surface area (Å²) in [6, 6.07) is 4.66. The molecule has 0 aliphatic carbocycles. The van der Waals surface area contributed by atoms with Gasteiger partial charge >= 0.3 is 0 Å². The quantitative estimate of drug-likeness (QED) is 0.645. The molecule has 1 saturated heterocycles. The fraction of sp³-hybridized carbons (Fsp3) is 0.500. The van der Waals surface area contributed by atoms with Crippen molar-refractivity contribution in [2.24, 2.45) is 0 Å². The average Bonchev–Trinajstić information content (AvgIpc) is 2.48. The largest absolute Gasteiger partial charge is 0.385 e. The van der Waals surface area contributed by atoms with Gasteiger partial charge in [0.25, 0.3) is 11.6 Å². The Morgan fingerprint density at radius 2 is 2.14 bits per heavy atom. The van der Waals surface area contributed by atoms with Crippen molar-refractivity contribution >= 4 is 29.0 Å². The van der Waals surface area contributed by atoms with Crippen LogP contribution in [0.2, 0.25) is 0 Å². The Labute approximate surface area is 127 Å². The number of carbonyl (C=O) groups excluding carboxylic acids is 1. The smallest absolute Gasteiger partial charge is 0.282 e. The number of nitro benzene ring substituents is 1. The minimum absolute atomic E-state index is 0.112. The van der Waals surface area contributed by atoms with Crippen LogP contribution < -0.4 is 10.6 Å². The number of hydrogen-bond acceptors (Lipinski definition) is 5. The molecule has 0 atom stereocenters. The van der Waals surface area contributed by atoms with Crippen molar-refractivity contribution in [3.05, 3.63) is 33.9 Å². The predicted octanol–water partition coefficient (Wildman–Crippen LogP) is 2.65. The third-order valence-electron chi connectivity index (χ3n) is 3.38. The fourth-order valence-electron chi connectivity index (χ4n) is 2.30. The first-order chi connectivity index (χ1) is 10.1. The van der Waals surface area contributed by atoms with Crippen LogP contribution in [0.25, 0.3) is 0 Å². The first-order valence-electron chi connectivity index (χ1n) is 7.02. The van der Waals surface area contributed by atoms with Crippen LogP contribution in [-0.4, -0.2) is 34.9 Å². The summed E-state index contributed by atoms with van der Waals surface area (Å²) in [5.74, 6) is 1.67. The standard InChI is InChI=1S/C14H19N3O3S/c1-2-15-11-3-4-13(17(19)20)12(9-11)14(18)16-10-5-7-21-8-6-10/h3-4,9-10,15H,2,5-8H2,1H3,(H,16,18). The highest BCUT2D eigenvalue weighted by molar-refractivity contribution is 7.99. The van der Waals surface area contributed by atoms with Gasteiger partial charge in [0, 0.05) is 24.3 Å². The Morgan fingerprint density at radius 1 is 1.43 bits per heavy atom. The van der Waals surface area contributed by atoms with Gasteiger partial charge in [-0.25, -0.2) is 0 Å². The molecule has 1 fully saturated rings. The Bertz CT molecular complexity index is 530. The lowest BCUT2D eigenvalue weighted by Crippen LogP contribution is -2.37. The highest BCUT2D eigenvalue weighted by atomic mass is 32.2. The molecule has 2 N–H and O–H groups in total. The number of anilines is 1. The molecule has 1 aromatic carbocycles. The minimum Gasteiger partial charge on any atom is -0.385 e. The number of hydrogen-bond donors (Lipinski definition) is 2. The Kier molecular flexibility index (Phi) is 5.44. The van der Waals surface area contributed by atoms with E-state index in [0.717, 1.165) is 24.3 Å². The van der Waals surface area contributed by atoms with E-state index < -0.39 is 4.92 Å². The van der Waals surface area contributed by atoms with Crippen LogP contribution in [0.5, 0.6) is 0 Å². The van der Waals surface area contributed by atoms with Crippen molar-refractivity contribution in [2.45, 2.75) is 25.8 Å². The van der Waals surface area contributed by atoms with E-state index in [9.17, 15) is 14.9 Å². The fourth-order valence-corrected chi connectivity index (χ4v) is 3.40. The molecule has 1 aliphatic rings. The topological polar surface area (TPSA) is 84.3 Å². The van der Waals surface area contributed by atoms with Crippen molar-refractivity contribution in [1.82, 2.24) is 5.32 Å². The number of benzene rings is 1. The molecule has 21 heavy (non-hydrogen) atoms. The average molecular weight is 309 g/mol. The maximum absolute atomic E-state index is 12.3. The Morgan fingerprint density at radius 3 is 2.76 bits per heavy atom. The molecule has 0 radical (unpaired) electrons. The van der Waals surface area contributed by atoms with Gasteiger partial charge in [-0.1, -0.05) is 0 Å². The second-order valence-electron chi connectivity index (χ2n) is 4.88. The molecule has 0 aromatic heterocycles. The number of carbonyl (C=O) groups is 1. The Hall–Kier alpha value is -1.76. The summed E-state index contributed by atoms with van der Waals surface area (Å²) in [7, 11) is 0. The van der Waals surface area contributed by atoms with Crippen molar-refractivity contribution in [1.29, 1.82) is 0 Å². The van der Waals surface area contributed by atoms with Gasteiger partial charge in [-0.05, 0) is 43.4 Å². The molecule has 0 unspecified atom stereocenters. The van der Waals surface area contributed by atoms with Gasteiger partial charge in [0.1, 0.15) is 5.56 Å². The monoisotopic (exact) mass is 309 g/mol. The first kappa shape index (κ1) is 15.6. The molecule has 1 amide bonds. The summed E-state index contributed by atoms with van der Waals surface area (Å²) < 4.78 is 0. The molecule has 0 bridgehead atoms. The van der Waals surface area contributed by atoms with E-state index in [0.29, 0.717) is 12.2 Å². The second kappa shape index (κ2) is 7.31. The van der Waals surface area contributed by atoms with E-state index in [4.69, 9.17) is 0 Å². The second-order valence-corrected chi connectivity index (χ2v) is 6.10. The number of rotatable bonds is 5. The van der Waals surface area contributed by atoms with Crippen LogP contribution in [0.1, 0.15) is 30.1 Å². The zero-order valence-corrected chi connectivity index (χ0v) is 12.7. The zero-order chi connectivity index (χ0) is 15.2. The SMILES string of the molecule is CCNc1ccc([N+](=O)[O-])c(C(=O)NC2CCSCC2)c1. The van der Waals surface area contributed by atoms with Crippen molar-refractivity contribution < 1.29 is 9.72 Å². The molecule has 6 nitrogen and oxygen atoms in total. The van der Waals surface area contributed by atoms with E-state index in [1.165, 1.54) is 6.07 Å². The first-order valence-corrected chi connectivity index (χ1v) is 8.18. The van der Waals surface area contributed by atoms with Gasteiger partial charge in [-0.3, -0.25) is 14.9 Å². The van der Waals surface area contributed by atoms with Gasteiger partial charge in [0.2, 0.25) is 0 Å². The van der Waals surface area contributed by atoms with Crippen molar-refractivity contribution in [3.63, 3.8) is 0 Å². The molecule has 2 rings (SSSR count). The molecular formula is C14H19N3O3S. The molecule has 114 valence electrons. The molecule has 1 aromatic rings. The number of thioether (sulfide) groups is 1. The maximum atomic E-state index is 12.3. The van der Waals surface area contributed by atoms with E-state index in [2.05, 4.69) is 10.6 Å². The molecule has 1 aliphatic heterocycles. The summed E-state index contributed by atoms with van der Waals surface area (Å²) in [5, 5.41) is 17.1. The van der Waals surface area contributed by atoms with Crippen LogP contribution >= 0.6 is 11.8 Å². The lowest BCUT2D eigenvalue weighted by Gasteiger charge is -2.22. The van der Waals surface area contributed by atoms with Crippen molar-refractivity contribution in [3.8, 4) is 0 Å². The summed E-state index contributed by atoms with van der Waals surface area (Å²) >= 11 is 1.87. The van der Waals surface area contributed by atoms with E-state index in [-0.39, 0.29) is 23.2 Å². The van der Waals surface area contributed by atoms with Gasteiger partial charge in [-0.2, -0.15) is 11.8 Å². The highest BCUT2D eigenvalue weighted by Crippen LogP contribution is 2.24. The predicted molar refractivity (Wildman–Crippen MR) is 85.1 cm³/mol. The third-order valence-corrected chi connectivity index (χ3v) is 4.42. The molecule has 0 saturated carbocycles. The van der Waals surface area contributed by atoms with E-state index >= 15 is 0 Å². The highest BCUT2D eigenvalue weighted by Gasteiger charge is 2.23. The lowest BCUT2D eigenvalue weighted by molar-refractivity contribution is -0.385. The summed E-state index contributed by atoms with van der Waals surface area (Å²) in [4.78, 5) is 22.9. The number of nitrogens with zero attached hydrogens (tertiary/aromatic N) is 1.